The second-order valence-electron chi connectivity index (χ2n) is 5.68. The third kappa shape index (κ3) is 6.33. The maximum absolute atomic E-state index is 12.3. The van der Waals surface area contributed by atoms with E-state index >= 15 is 0 Å². The summed E-state index contributed by atoms with van der Waals surface area (Å²) < 4.78 is 0. The van der Waals surface area contributed by atoms with E-state index in [4.69, 9.17) is 0 Å². The molecule has 0 radical (unpaired) electrons. The van der Waals surface area contributed by atoms with Gasteiger partial charge in [0.2, 0.25) is 5.91 Å². The molecule has 1 aromatic heterocycles. The Kier molecular flexibility index (Phi) is 7.63. The lowest BCUT2D eigenvalue weighted by Crippen LogP contribution is -2.54. The number of rotatable bonds is 8. The first kappa shape index (κ1) is 19.1. The molecule has 8 nitrogen and oxygen atoms in total. The van der Waals surface area contributed by atoms with Gasteiger partial charge in [-0.25, -0.2) is 4.98 Å². The van der Waals surface area contributed by atoms with E-state index in [1.807, 2.05) is 13.8 Å². The molecule has 23 heavy (non-hydrogen) atoms. The lowest BCUT2D eigenvalue weighted by atomic mass is 9.75. The molecule has 1 heterocycles. The quantitative estimate of drug-likeness (QED) is 0.480. The van der Waals surface area contributed by atoms with Gasteiger partial charge in [0, 0.05) is 12.4 Å². The highest BCUT2D eigenvalue weighted by Gasteiger charge is 2.29. The zero-order valence-electron chi connectivity index (χ0n) is 13.6. The van der Waals surface area contributed by atoms with E-state index in [1.54, 1.807) is 6.92 Å². The van der Waals surface area contributed by atoms with Crippen molar-refractivity contribution in [2.45, 2.75) is 45.6 Å². The molecule has 9 heteroatoms. The summed E-state index contributed by atoms with van der Waals surface area (Å²) in [4.78, 5) is 31.9. The Hall–Kier alpha value is -2.00. The number of hydrogen-bond acceptors (Lipinski definition) is 6. The van der Waals surface area contributed by atoms with Crippen LogP contribution in [0, 0.1) is 5.92 Å². The predicted octanol–water partition coefficient (Wildman–Crippen LogP) is -0.472. The Morgan fingerprint density at radius 3 is 2.43 bits per heavy atom. The van der Waals surface area contributed by atoms with Crippen molar-refractivity contribution >= 4 is 18.9 Å². The molecule has 0 aliphatic rings. The first-order valence-corrected chi connectivity index (χ1v) is 7.58. The number of hydrogen-bond donors (Lipinski definition) is 4. The third-order valence-corrected chi connectivity index (χ3v) is 3.24. The van der Waals surface area contributed by atoms with Gasteiger partial charge < -0.3 is 20.7 Å². The number of amides is 2. The molecular formula is C14H23BN4O4. The van der Waals surface area contributed by atoms with Crippen LogP contribution in [0.3, 0.4) is 0 Å². The normalized spacial score (nSPS) is 13.3. The van der Waals surface area contributed by atoms with Crippen molar-refractivity contribution in [1.29, 1.82) is 0 Å². The van der Waals surface area contributed by atoms with Gasteiger partial charge in [0.25, 0.3) is 5.91 Å². The van der Waals surface area contributed by atoms with Gasteiger partial charge >= 0.3 is 7.12 Å². The maximum Gasteiger partial charge on any atom is 0.475 e. The van der Waals surface area contributed by atoms with Crippen molar-refractivity contribution in [3.05, 3.63) is 24.3 Å². The molecule has 0 aliphatic heterocycles. The third-order valence-electron chi connectivity index (χ3n) is 3.24. The van der Waals surface area contributed by atoms with Crippen LogP contribution in [-0.4, -0.2) is 50.9 Å². The summed E-state index contributed by atoms with van der Waals surface area (Å²) in [6.45, 7) is 5.57. The Morgan fingerprint density at radius 1 is 1.26 bits per heavy atom. The van der Waals surface area contributed by atoms with Crippen molar-refractivity contribution in [3.8, 4) is 0 Å². The van der Waals surface area contributed by atoms with E-state index in [0.29, 0.717) is 12.8 Å². The Morgan fingerprint density at radius 2 is 1.96 bits per heavy atom. The van der Waals surface area contributed by atoms with Crippen molar-refractivity contribution in [3.63, 3.8) is 0 Å². The van der Waals surface area contributed by atoms with Gasteiger partial charge in [-0.05, 0) is 18.8 Å². The fraction of sp³-hybridized carbons (Fsp3) is 0.571. The number of nitrogens with one attached hydrogen (secondary N) is 2. The molecule has 0 aliphatic carbocycles. The highest BCUT2D eigenvalue weighted by molar-refractivity contribution is 6.43. The highest BCUT2D eigenvalue weighted by atomic mass is 16.4. The summed E-state index contributed by atoms with van der Waals surface area (Å²) in [5, 5.41) is 23.8. The molecule has 0 aromatic carbocycles. The van der Waals surface area contributed by atoms with Gasteiger partial charge in [0.05, 0.1) is 12.1 Å². The summed E-state index contributed by atoms with van der Waals surface area (Å²) in [6, 6.07) is -0.794. The molecule has 2 amide bonds. The van der Waals surface area contributed by atoms with E-state index < -0.39 is 30.9 Å². The van der Waals surface area contributed by atoms with Crippen molar-refractivity contribution in [1.82, 2.24) is 20.6 Å². The Bertz CT molecular complexity index is 513. The molecule has 0 saturated heterocycles. The van der Waals surface area contributed by atoms with Gasteiger partial charge in [-0.2, -0.15) is 0 Å². The standard InChI is InChI=1S/C14H23BN4O4/c1-4-10(18-14(21)11-8-16-5-6-17-11)13(20)19-12(15(22)23)7-9(2)3/h5-6,8-10,12,22-23H,4,7H2,1-3H3,(H,18,21)(H,19,20)/t10-,12+/m1/s1. The molecule has 0 saturated carbocycles. The van der Waals surface area contributed by atoms with E-state index in [9.17, 15) is 19.6 Å². The van der Waals surface area contributed by atoms with Crippen LogP contribution in [0.1, 0.15) is 44.1 Å². The molecule has 126 valence electrons. The first-order chi connectivity index (χ1) is 10.8. The largest absolute Gasteiger partial charge is 0.475 e. The topological polar surface area (TPSA) is 124 Å². The second-order valence-corrected chi connectivity index (χ2v) is 5.68. The van der Waals surface area contributed by atoms with Crippen LogP contribution in [0.4, 0.5) is 0 Å². The zero-order valence-corrected chi connectivity index (χ0v) is 13.6. The van der Waals surface area contributed by atoms with Crippen LogP contribution in [0.15, 0.2) is 18.6 Å². The molecule has 0 fully saturated rings. The van der Waals surface area contributed by atoms with Gasteiger partial charge in [0.1, 0.15) is 11.7 Å². The molecule has 2 atom stereocenters. The lowest BCUT2D eigenvalue weighted by Gasteiger charge is -2.23. The molecule has 4 N–H and O–H groups in total. The van der Waals surface area contributed by atoms with E-state index in [2.05, 4.69) is 20.6 Å². The molecule has 0 spiro atoms. The number of carbonyl (C=O) groups excluding carboxylic acids is 2. The van der Waals surface area contributed by atoms with Gasteiger partial charge in [0.15, 0.2) is 0 Å². The average Bonchev–Trinajstić information content (AvgIpc) is 2.51. The SMILES string of the molecule is CC[C@@H](NC(=O)c1cnccn1)C(=O)N[C@@H](CC(C)C)B(O)O. The minimum Gasteiger partial charge on any atom is -0.426 e. The summed E-state index contributed by atoms with van der Waals surface area (Å²) in [7, 11) is -1.66. The van der Waals surface area contributed by atoms with Crippen LogP contribution in [0.25, 0.3) is 0 Å². The van der Waals surface area contributed by atoms with Crippen molar-refractivity contribution < 1.29 is 19.6 Å². The van der Waals surface area contributed by atoms with E-state index in [1.165, 1.54) is 18.6 Å². The first-order valence-electron chi connectivity index (χ1n) is 7.58. The Labute approximate surface area is 135 Å². The maximum atomic E-state index is 12.3. The fourth-order valence-electron chi connectivity index (χ4n) is 2.05. The number of carbonyl (C=O) groups is 2. The van der Waals surface area contributed by atoms with Crippen LogP contribution in [0.5, 0.6) is 0 Å². The average molecular weight is 322 g/mol. The molecule has 0 unspecified atom stereocenters. The summed E-state index contributed by atoms with van der Waals surface area (Å²) in [6.07, 6.45) is 4.90. The molecule has 1 rings (SSSR count). The molecule has 0 bridgehead atoms. The fourth-order valence-corrected chi connectivity index (χ4v) is 2.05. The second kappa shape index (κ2) is 9.21. The van der Waals surface area contributed by atoms with E-state index in [0.717, 1.165) is 0 Å². The summed E-state index contributed by atoms with van der Waals surface area (Å²) >= 11 is 0. The zero-order chi connectivity index (χ0) is 17.4. The van der Waals surface area contributed by atoms with Crippen LogP contribution in [-0.2, 0) is 4.79 Å². The van der Waals surface area contributed by atoms with Crippen LogP contribution >= 0.6 is 0 Å². The molecular weight excluding hydrogens is 299 g/mol. The summed E-state index contributed by atoms with van der Waals surface area (Å²) in [5.41, 5.74) is 0.111. The highest BCUT2D eigenvalue weighted by Crippen LogP contribution is 2.06. The van der Waals surface area contributed by atoms with Crippen LogP contribution in [0.2, 0.25) is 0 Å². The monoisotopic (exact) mass is 322 g/mol. The summed E-state index contributed by atoms with van der Waals surface area (Å²) in [5.74, 6) is -1.59. The van der Waals surface area contributed by atoms with Gasteiger partial charge in [-0.1, -0.05) is 20.8 Å². The Balaban J connectivity index is 2.69. The van der Waals surface area contributed by atoms with Gasteiger partial charge in [-0.3, -0.25) is 14.6 Å². The van der Waals surface area contributed by atoms with Gasteiger partial charge in [-0.15, -0.1) is 0 Å². The van der Waals surface area contributed by atoms with Crippen LogP contribution < -0.4 is 10.6 Å². The smallest absolute Gasteiger partial charge is 0.426 e. The van der Waals surface area contributed by atoms with E-state index in [-0.39, 0.29) is 11.6 Å². The van der Waals surface area contributed by atoms with Crippen molar-refractivity contribution in [2.24, 2.45) is 5.92 Å². The number of aromatic nitrogens is 2. The predicted molar refractivity (Wildman–Crippen MR) is 85.2 cm³/mol. The minimum absolute atomic E-state index is 0.111. The lowest BCUT2D eigenvalue weighted by molar-refractivity contribution is -0.123. The molecule has 1 aromatic rings. The van der Waals surface area contributed by atoms with Crippen molar-refractivity contribution in [2.75, 3.05) is 0 Å². The number of nitrogens with zero attached hydrogens (tertiary/aromatic N) is 2. The minimum atomic E-state index is -1.66.